The third-order valence-electron chi connectivity index (χ3n) is 3.95. The molecule has 0 fully saturated rings. The molecule has 5 heteroatoms. The van der Waals surface area contributed by atoms with Gasteiger partial charge in [-0.05, 0) is 56.7 Å². The summed E-state index contributed by atoms with van der Waals surface area (Å²) in [7, 11) is 0. The number of nitrogens with one attached hydrogen (secondary N) is 1. The monoisotopic (exact) mass is 347 g/mol. The van der Waals surface area contributed by atoms with Gasteiger partial charge in [-0.2, -0.15) is 5.10 Å². The summed E-state index contributed by atoms with van der Waals surface area (Å²) in [5, 5.41) is 7.36. The molecule has 1 amide bonds. The zero-order chi connectivity index (χ0) is 18.7. The molecule has 1 heterocycles. The van der Waals surface area contributed by atoms with Gasteiger partial charge in [0.05, 0.1) is 11.2 Å². The minimum absolute atomic E-state index is 0.269. The van der Waals surface area contributed by atoms with Crippen LogP contribution in [0.15, 0.2) is 60.7 Å². The minimum atomic E-state index is -0.288. The Bertz CT molecular complexity index is 920. The molecular formula is C21H21N3O2. The van der Waals surface area contributed by atoms with Crippen molar-refractivity contribution < 1.29 is 9.59 Å². The third-order valence-corrected chi connectivity index (χ3v) is 3.95. The second-order valence-electron chi connectivity index (χ2n) is 7.06. The van der Waals surface area contributed by atoms with Gasteiger partial charge >= 0.3 is 0 Å². The van der Waals surface area contributed by atoms with E-state index in [2.05, 4.69) is 10.4 Å². The standard InChI is InChI=1S/C21H21N3O2/c1-21(2,3)24-19(16-7-5-4-6-8-16)13-18(23-24)20(26)22-17-11-9-15(14-25)10-12-17/h4-14H,1-3H3,(H,22,26). The van der Waals surface area contributed by atoms with Crippen LogP contribution in [0.5, 0.6) is 0 Å². The van der Waals surface area contributed by atoms with Gasteiger partial charge in [-0.3, -0.25) is 14.3 Å². The van der Waals surface area contributed by atoms with E-state index in [4.69, 9.17) is 0 Å². The first kappa shape index (κ1) is 17.6. The first-order valence-electron chi connectivity index (χ1n) is 8.41. The highest BCUT2D eigenvalue weighted by Crippen LogP contribution is 2.26. The predicted octanol–water partition coefficient (Wildman–Crippen LogP) is 4.37. The smallest absolute Gasteiger partial charge is 0.276 e. The van der Waals surface area contributed by atoms with Gasteiger partial charge in [0, 0.05) is 11.3 Å². The van der Waals surface area contributed by atoms with Gasteiger partial charge in [0.15, 0.2) is 5.69 Å². The first-order chi connectivity index (χ1) is 12.4. The number of nitrogens with zero attached hydrogens (tertiary/aromatic N) is 2. The number of carbonyl (C=O) groups is 2. The van der Waals surface area contributed by atoms with Crippen LogP contribution in [-0.2, 0) is 5.54 Å². The number of aldehydes is 1. The van der Waals surface area contributed by atoms with Crippen molar-refractivity contribution in [3.8, 4) is 11.3 Å². The summed E-state index contributed by atoms with van der Waals surface area (Å²) in [5.74, 6) is -0.288. The highest BCUT2D eigenvalue weighted by molar-refractivity contribution is 6.03. The number of benzene rings is 2. The molecular weight excluding hydrogens is 326 g/mol. The molecule has 3 aromatic rings. The maximum atomic E-state index is 12.6. The van der Waals surface area contributed by atoms with E-state index in [0.29, 0.717) is 16.9 Å². The second-order valence-corrected chi connectivity index (χ2v) is 7.06. The summed E-state index contributed by atoms with van der Waals surface area (Å²) >= 11 is 0. The Morgan fingerprint density at radius 2 is 1.69 bits per heavy atom. The van der Waals surface area contributed by atoms with Gasteiger partial charge in [0.25, 0.3) is 5.91 Å². The first-order valence-corrected chi connectivity index (χ1v) is 8.41. The Morgan fingerprint density at radius 3 is 2.27 bits per heavy atom. The quantitative estimate of drug-likeness (QED) is 0.713. The average Bonchev–Trinajstić information content (AvgIpc) is 3.09. The fraction of sp³-hybridized carbons (Fsp3) is 0.190. The van der Waals surface area contributed by atoms with Gasteiger partial charge in [-0.1, -0.05) is 30.3 Å². The van der Waals surface area contributed by atoms with Crippen LogP contribution in [0.1, 0.15) is 41.6 Å². The van der Waals surface area contributed by atoms with Gasteiger partial charge in [-0.15, -0.1) is 0 Å². The number of anilines is 1. The zero-order valence-corrected chi connectivity index (χ0v) is 15.1. The maximum absolute atomic E-state index is 12.6. The number of amides is 1. The van der Waals surface area contributed by atoms with Crippen LogP contribution >= 0.6 is 0 Å². The fourth-order valence-electron chi connectivity index (χ4n) is 2.66. The lowest BCUT2D eigenvalue weighted by Gasteiger charge is -2.22. The Balaban J connectivity index is 1.93. The van der Waals surface area contributed by atoms with Crippen LogP contribution in [-0.4, -0.2) is 22.0 Å². The molecule has 0 aliphatic heterocycles. The molecule has 0 saturated heterocycles. The van der Waals surface area contributed by atoms with Crippen molar-refractivity contribution in [1.82, 2.24) is 9.78 Å². The molecule has 0 saturated carbocycles. The average molecular weight is 347 g/mol. The highest BCUT2D eigenvalue weighted by atomic mass is 16.2. The summed E-state index contributed by atoms with van der Waals surface area (Å²) in [6, 6.07) is 18.4. The SMILES string of the molecule is CC(C)(C)n1nc(C(=O)Nc2ccc(C=O)cc2)cc1-c1ccccc1. The van der Waals surface area contributed by atoms with Gasteiger partial charge < -0.3 is 5.32 Å². The largest absolute Gasteiger partial charge is 0.321 e. The molecule has 1 N–H and O–H groups in total. The van der Waals surface area contributed by atoms with Crippen molar-refractivity contribution >= 4 is 17.9 Å². The molecule has 0 bridgehead atoms. The predicted molar refractivity (Wildman–Crippen MR) is 102 cm³/mol. The minimum Gasteiger partial charge on any atom is -0.321 e. The van der Waals surface area contributed by atoms with E-state index in [1.807, 2.05) is 55.8 Å². The molecule has 0 atom stereocenters. The van der Waals surface area contributed by atoms with Crippen molar-refractivity contribution in [2.75, 3.05) is 5.32 Å². The molecule has 0 unspecified atom stereocenters. The summed E-state index contributed by atoms with van der Waals surface area (Å²) < 4.78 is 1.87. The fourth-order valence-corrected chi connectivity index (χ4v) is 2.66. The van der Waals surface area contributed by atoms with Crippen LogP contribution in [0.4, 0.5) is 5.69 Å². The highest BCUT2D eigenvalue weighted by Gasteiger charge is 2.23. The zero-order valence-electron chi connectivity index (χ0n) is 15.1. The van der Waals surface area contributed by atoms with Crippen molar-refractivity contribution in [3.05, 3.63) is 71.9 Å². The van der Waals surface area contributed by atoms with E-state index in [1.165, 1.54) is 0 Å². The maximum Gasteiger partial charge on any atom is 0.276 e. The molecule has 5 nitrogen and oxygen atoms in total. The Morgan fingerprint density at radius 1 is 1.04 bits per heavy atom. The van der Waals surface area contributed by atoms with E-state index < -0.39 is 0 Å². The topological polar surface area (TPSA) is 64.0 Å². The van der Waals surface area contributed by atoms with Crippen molar-refractivity contribution in [2.45, 2.75) is 26.3 Å². The molecule has 3 rings (SSSR count). The third kappa shape index (κ3) is 3.72. The lowest BCUT2D eigenvalue weighted by Crippen LogP contribution is -2.25. The number of hydrogen-bond acceptors (Lipinski definition) is 3. The normalized spacial score (nSPS) is 11.2. The molecule has 132 valence electrons. The Labute approximate surface area is 152 Å². The number of hydrogen-bond donors (Lipinski definition) is 1. The van der Waals surface area contributed by atoms with E-state index in [0.717, 1.165) is 17.5 Å². The second kappa shape index (κ2) is 6.96. The Hall–Kier alpha value is -3.21. The summed E-state index contributed by atoms with van der Waals surface area (Å²) in [5.41, 5.74) is 3.15. The molecule has 26 heavy (non-hydrogen) atoms. The van der Waals surface area contributed by atoms with E-state index in [1.54, 1.807) is 30.3 Å². The van der Waals surface area contributed by atoms with Crippen molar-refractivity contribution in [1.29, 1.82) is 0 Å². The van der Waals surface area contributed by atoms with Crippen LogP contribution in [0.25, 0.3) is 11.3 Å². The van der Waals surface area contributed by atoms with Crippen molar-refractivity contribution in [2.24, 2.45) is 0 Å². The lowest BCUT2D eigenvalue weighted by atomic mass is 10.1. The summed E-state index contributed by atoms with van der Waals surface area (Å²) in [6.45, 7) is 6.14. The summed E-state index contributed by atoms with van der Waals surface area (Å²) in [4.78, 5) is 23.4. The van der Waals surface area contributed by atoms with Gasteiger partial charge in [0.2, 0.25) is 0 Å². The van der Waals surface area contributed by atoms with Crippen LogP contribution in [0.3, 0.4) is 0 Å². The van der Waals surface area contributed by atoms with Crippen molar-refractivity contribution in [3.63, 3.8) is 0 Å². The van der Waals surface area contributed by atoms with Gasteiger partial charge in [-0.25, -0.2) is 0 Å². The lowest BCUT2D eigenvalue weighted by molar-refractivity contribution is 0.102. The van der Waals surface area contributed by atoms with Gasteiger partial charge in [0.1, 0.15) is 6.29 Å². The molecule has 0 aliphatic carbocycles. The van der Waals surface area contributed by atoms with E-state index in [9.17, 15) is 9.59 Å². The molecule has 1 aromatic heterocycles. The van der Waals surface area contributed by atoms with Crippen LogP contribution < -0.4 is 5.32 Å². The Kier molecular flexibility index (Phi) is 4.71. The van der Waals surface area contributed by atoms with Crippen LogP contribution in [0, 0.1) is 0 Å². The van der Waals surface area contributed by atoms with Crippen LogP contribution in [0.2, 0.25) is 0 Å². The summed E-state index contributed by atoms with van der Waals surface area (Å²) in [6.07, 6.45) is 0.767. The van der Waals surface area contributed by atoms with E-state index >= 15 is 0 Å². The molecule has 2 aromatic carbocycles. The molecule has 0 aliphatic rings. The van der Waals surface area contributed by atoms with E-state index in [-0.39, 0.29) is 11.4 Å². The molecule has 0 radical (unpaired) electrons. The number of rotatable bonds is 4. The number of carbonyl (C=O) groups excluding carboxylic acids is 2. The number of aromatic nitrogens is 2. The molecule has 0 spiro atoms.